The second-order valence-corrected chi connectivity index (χ2v) is 2.99. The maximum absolute atomic E-state index is 3.36. The summed E-state index contributed by atoms with van der Waals surface area (Å²) in [5.74, 6) is 0.718. The highest BCUT2D eigenvalue weighted by Gasteiger charge is 2.15. The Hall–Kier alpha value is -0.300. The second-order valence-electron chi connectivity index (χ2n) is 2.99. The fraction of sp³-hybridized carbons (Fsp3) is 0.750. The maximum Gasteiger partial charge on any atom is 0.0257 e. The zero-order chi connectivity index (χ0) is 6.85. The van der Waals surface area contributed by atoms with E-state index in [9.17, 15) is 0 Å². The van der Waals surface area contributed by atoms with Gasteiger partial charge in [0.15, 0.2) is 0 Å². The first-order valence-electron chi connectivity index (χ1n) is 3.65. The van der Waals surface area contributed by atoms with E-state index in [2.05, 4.69) is 32.2 Å². The van der Waals surface area contributed by atoms with Crippen molar-refractivity contribution < 1.29 is 0 Å². The van der Waals surface area contributed by atoms with Gasteiger partial charge in [-0.25, -0.2) is 0 Å². The summed E-state index contributed by atoms with van der Waals surface area (Å²) in [5.41, 5.74) is 1.56. The van der Waals surface area contributed by atoms with Crippen LogP contribution in [0.1, 0.15) is 20.8 Å². The van der Waals surface area contributed by atoms with Gasteiger partial charge in [0.05, 0.1) is 0 Å². The summed E-state index contributed by atoms with van der Waals surface area (Å²) in [6.45, 7) is 7.78. The van der Waals surface area contributed by atoms with E-state index in [1.165, 1.54) is 0 Å². The summed E-state index contributed by atoms with van der Waals surface area (Å²) in [6.07, 6.45) is 2.30. The molecule has 1 heterocycles. The molecule has 0 aliphatic carbocycles. The average Bonchev–Trinajstić information content (AvgIpc) is 2.13. The van der Waals surface area contributed by atoms with Gasteiger partial charge in [-0.15, -0.1) is 0 Å². The third-order valence-corrected chi connectivity index (χ3v) is 1.93. The van der Waals surface area contributed by atoms with Crippen LogP contribution in [-0.4, -0.2) is 12.6 Å². The largest absolute Gasteiger partial charge is 0.307 e. The molecule has 0 saturated heterocycles. The molecule has 1 unspecified atom stereocenters. The van der Waals surface area contributed by atoms with Gasteiger partial charge in [0, 0.05) is 12.6 Å². The molecule has 1 N–H and O–H groups in total. The number of hydrogen-bond acceptors (Lipinski definition) is 1. The van der Waals surface area contributed by atoms with Gasteiger partial charge >= 0.3 is 0 Å². The Labute approximate surface area is 57.1 Å². The molecule has 0 amide bonds. The van der Waals surface area contributed by atoms with Crippen molar-refractivity contribution >= 4 is 0 Å². The molecule has 1 atom stereocenters. The lowest BCUT2D eigenvalue weighted by atomic mass is 9.99. The van der Waals surface area contributed by atoms with E-state index in [1.807, 2.05) is 0 Å². The molecule has 0 bridgehead atoms. The lowest BCUT2D eigenvalue weighted by Gasteiger charge is -2.12. The standard InChI is InChI=1S/C8H15N/c1-6(2)8-4-5-9-7(8)3/h4,6-7,9H,5H2,1-3H3. The predicted octanol–water partition coefficient (Wildman–Crippen LogP) is 1.56. The Kier molecular flexibility index (Phi) is 1.91. The molecular formula is C8H15N. The molecule has 0 spiro atoms. The fourth-order valence-corrected chi connectivity index (χ4v) is 1.38. The van der Waals surface area contributed by atoms with Gasteiger partial charge in [0.2, 0.25) is 0 Å². The Morgan fingerprint density at radius 2 is 2.33 bits per heavy atom. The van der Waals surface area contributed by atoms with Gasteiger partial charge in [-0.1, -0.05) is 25.5 Å². The van der Waals surface area contributed by atoms with Crippen molar-refractivity contribution in [3.05, 3.63) is 11.6 Å². The normalized spacial score (nSPS) is 27.1. The van der Waals surface area contributed by atoms with Crippen molar-refractivity contribution in [1.82, 2.24) is 5.32 Å². The first-order chi connectivity index (χ1) is 4.22. The molecule has 1 aliphatic rings. The van der Waals surface area contributed by atoms with Gasteiger partial charge < -0.3 is 5.32 Å². The molecular weight excluding hydrogens is 110 g/mol. The molecule has 1 heteroatoms. The first-order valence-corrected chi connectivity index (χ1v) is 3.65. The van der Waals surface area contributed by atoms with Crippen LogP contribution in [0.2, 0.25) is 0 Å². The van der Waals surface area contributed by atoms with Crippen molar-refractivity contribution in [2.45, 2.75) is 26.8 Å². The monoisotopic (exact) mass is 125 g/mol. The third kappa shape index (κ3) is 1.33. The number of rotatable bonds is 1. The minimum absolute atomic E-state index is 0.616. The van der Waals surface area contributed by atoms with Crippen LogP contribution in [-0.2, 0) is 0 Å². The summed E-state index contributed by atoms with van der Waals surface area (Å²) in [5, 5.41) is 3.36. The van der Waals surface area contributed by atoms with E-state index in [0.29, 0.717) is 6.04 Å². The molecule has 1 rings (SSSR count). The molecule has 9 heavy (non-hydrogen) atoms. The van der Waals surface area contributed by atoms with E-state index >= 15 is 0 Å². The van der Waals surface area contributed by atoms with E-state index < -0.39 is 0 Å². The minimum atomic E-state index is 0.616. The average molecular weight is 125 g/mol. The van der Waals surface area contributed by atoms with Gasteiger partial charge in [-0.3, -0.25) is 0 Å². The SMILES string of the molecule is CC(C)C1=CCNC1C. The Balaban J connectivity index is 2.57. The van der Waals surface area contributed by atoms with E-state index in [-0.39, 0.29) is 0 Å². The highest BCUT2D eigenvalue weighted by atomic mass is 14.9. The third-order valence-electron chi connectivity index (χ3n) is 1.93. The van der Waals surface area contributed by atoms with Gasteiger partial charge in [-0.2, -0.15) is 0 Å². The summed E-state index contributed by atoms with van der Waals surface area (Å²) >= 11 is 0. The van der Waals surface area contributed by atoms with Crippen molar-refractivity contribution in [2.75, 3.05) is 6.54 Å². The molecule has 0 radical (unpaired) electrons. The van der Waals surface area contributed by atoms with Crippen LogP contribution in [0.4, 0.5) is 0 Å². The molecule has 0 saturated carbocycles. The molecule has 0 aromatic heterocycles. The van der Waals surface area contributed by atoms with E-state index in [1.54, 1.807) is 5.57 Å². The first kappa shape index (κ1) is 6.81. The van der Waals surface area contributed by atoms with Crippen molar-refractivity contribution in [3.8, 4) is 0 Å². The Morgan fingerprint density at radius 1 is 1.67 bits per heavy atom. The zero-order valence-corrected chi connectivity index (χ0v) is 6.44. The summed E-state index contributed by atoms with van der Waals surface area (Å²) in [4.78, 5) is 0. The topological polar surface area (TPSA) is 12.0 Å². The van der Waals surface area contributed by atoms with Crippen LogP contribution in [0.15, 0.2) is 11.6 Å². The van der Waals surface area contributed by atoms with Gasteiger partial charge in [-0.05, 0) is 12.8 Å². The van der Waals surface area contributed by atoms with Crippen LogP contribution in [0.25, 0.3) is 0 Å². The lowest BCUT2D eigenvalue weighted by Crippen LogP contribution is -2.22. The van der Waals surface area contributed by atoms with Crippen molar-refractivity contribution in [3.63, 3.8) is 0 Å². The zero-order valence-electron chi connectivity index (χ0n) is 6.44. The van der Waals surface area contributed by atoms with Crippen LogP contribution in [0.3, 0.4) is 0 Å². The Bertz CT molecular complexity index is 125. The summed E-state index contributed by atoms with van der Waals surface area (Å²) in [6, 6.07) is 0.616. The summed E-state index contributed by atoms with van der Waals surface area (Å²) < 4.78 is 0. The molecule has 1 nitrogen and oxygen atoms in total. The van der Waals surface area contributed by atoms with Gasteiger partial charge in [0.25, 0.3) is 0 Å². The molecule has 0 fully saturated rings. The Morgan fingerprint density at radius 3 is 2.56 bits per heavy atom. The highest BCUT2D eigenvalue weighted by Crippen LogP contribution is 2.16. The van der Waals surface area contributed by atoms with Crippen LogP contribution >= 0.6 is 0 Å². The highest BCUT2D eigenvalue weighted by molar-refractivity contribution is 5.17. The maximum atomic E-state index is 3.36. The summed E-state index contributed by atoms with van der Waals surface area (Å²) in [7, 11) is 0. The fourth-order valence-electron chi connectivity index (χ4n) is 1.38. The predicted molar refractivity (Wildman–Crippen MR) is 40.4 cm³/mol. The quantitative estimate of drug-likeness (QED) is 0.524. The van der Waals surface area contributed by atoms with Crippen LogP contribution in [0, 0.1) is 5.92 Å². The van der Waals surface area contributed by atoms with E-state index in [4.69, 9.17) is 0 Å². The van der Waals surface area contributed by atoms with Crippen LogP contribution in [0.5, 0.6) is 0 Å². The minimum Gasteiger partial charge on any atom is -0.307 e. The lowest BCUT2D eigenvalue weighted by molar-refractivity contribution is 0.625. The molecule has 0 aromatic carbocycles. The second kappa shape index (κ2) is 2.53. The van der Waals surface area contributed by atoms with Gasteiger partial charge in [0.1, 0.15) is 0 Å². The van der Waals surface area contributed by atoms with E-state index in [0.717, 1.165) is 12.5 Å². The molecule has 52 valence electrons. The molecule has 1 aliphatic heterocycles. The number of hydrogen-bond donors (Lipinski definition) is 1. The van der Waals surface area contributed by atoms with Crippen molar-refractivity contribution in [2.24, 2.45) is 5.92 Å². The van der Waals surface area contributed by atoms with Crippen LogP contribution < -0.4 is 5.32 Å². The van der Waals surface area contributed by atoms with Crippen molar-refractivity contribution in [1.29, 1.82) is 0 Å². The molecule has 0 aromatic rings. The smallest absolute Gasteiger partial charge is 0.0257 e. The number of nitrogens with one attached hydrogen (secondary N) is 1.